The molecule has 4 rings (SSSR count). The molecule has 0 radical (unpaired) electrons. The Labute approximate surface area is 155 Å². The standard InChI is InChI=1S/C17H12F3N5OS/c1-25(16-24-23-15(27-16)17(18,19)20)9-13-21-22-14(26-13)12-7-6-10-4-2-3-5-11(10)8-12/h2-8H,9H2,1H3. The van der Waals surface area contributed by atoms with Crippen molar-refractivity contribution in [3.63, 3.8) is 0 Å². The lowest BCUT2D eigenvalue weighted by atomic mass is 10.1. The Balaban J connectivity index is 1.52. The molecule has 0 aliphatic rings. The molecule has 0 N–H and O–H groups in total. The minimum atomic E-state index is -4.51. The first-order chi connectivity index (χ1) is 12.9. The maximum Gasteiger partial charge on any atom is 0.445 e. The van der Waals surface area contributed by atoms with E-state index < -0.39 is 11.2 Å². The number of rotatable bonds is 4. The van der Waals surface area contributed by atoms with E-state index in [9.17, 15) is 13.2 Å². The fourth-order valence-electron chi connectivity index (χ4n) is 2.51. The van der Waals surface area contributed by atoms with Crippen LogP contribution in [0.25, 0.3) is 22.2 Å². The van der Waals surface area contributed by atoms with Crippen LogP contribution in [0.4, 0.5) is 18.3 Å². The molecule has 2 aromatic carbocycles. The van der Waals surface area contributed by atoms with Crippen LogP contribution in [0, 0.1) is 0 Å². The summed E-state index contributed by atoms with van der Waals surface area (Å²) in [6.45, 7) is 0.118. The fraction of sp³-hybridized carbons (Fsp3) is 0.176. The quantitative estimate of drug-likeness (QED) is 0.514. The van der Waals surface area contributed by atoms with E-state index in [2.05, 4.69) is 20.4 Å². The van der Waals surface area contributed by atoms with E-state index in [1.807, 2.05) is 42.5 Å². The minimum absolute atomic E-state index is 0.118. The van der Waals surface area contributed by atoms with Crippen molar-refractivity contribution in [2.24, 2.45) is 0 Å². The van der Waals surface area contributed by atoms with Crippen molar-refractivity contribution in [3.05, 3.63) is 53.4 Å². The van der Waals surface area contributed by atoms with E-state index in [4.69, 9.17) is 4.42 Å². The second-order valence-corrected chi connectivity index (χ2v) is 6.76. The van der Waals surface area contributed by atoms with E-state index in [-0.39, 0.29) is 17.6 Å². The van der Waals surface area contributed by atoms with Gasteiger partial charge < -0.3 is 9.32 Å². The maximum atomic E-state index is 12.6. The molecule has 2 aromatic heterocycles. The Hall–Kier alpha value is -3.01. The van der Waals surface area contributed by atoms with Gasteiger partial charge in [0, 0.05) is 12.6 Å². The van der Waals surface area contributed by atoms with E-state index in [1.54, 1.807) is 7.05 Å². The number of aromatic nitrogens is 4. The van der Waals surface area contributed by atoms with Crippen LogP contribution >= 0.6 is 11.3 Å². The molecule has 0 bridgehead atoms. The maximum absolute atomic E-state index is 12.6. The lowest BCUT2D eigenvalue weighted by Crippen LogP contribution is -2.16. The summed E-state index contributed by atoms with van der Waals surface area (Å²) in [4.78, 5) is 1.48. The molecule has 0 aliphatic carbocycles. The monoisotopic (exact) mass is 391 g/mol. The van der Waals surface area contributed by atoms with E-state index in [0.29, 0.717) is 17.2 Å². The van der Waals surface area contributed by atoms with Gasteiger partial charge in [0.1, 0.15) is 0 Å². The van der Waals surface area contributed by atoms with Crippen LogP contribution in [0.1, 0.15) is 10.9 Å². The molecule has 0 unspecified atom stereocenters. The molecule has 27 heavy (non-hydrogen) atoms. The van der Waals surface area contributed by atoms with Gasteiger partial charge in [-0.05, 0) is 22.9 Å². The van der Waals surface area contributed by atoms with Crippen molar-refractivity contribution in [2.45, 2.75) is 12.7 Å². The molecule has 2 heterocycles. The predicted octanol–water partition coefficient (Wildman–Crippen LogP) is 4.40. The SMILES string of the molecule is CN(Cc1nnc(-c2ccc3ccccc3c2)o1)c1nnc(C(F)(F)F)s1. The van der Waals surface area contributed by atoms with Crippen LogP contribution in [0.3, 0.4) is 0 Å². The molecule has 6 nitrogen and oxygen atoms in total. The number of halogens is 3. The highest BCUT2D eigenvalue weighted by atomic mass is 32.1. The Kier molecular flexibility index (Phi) is 4.27. The first-order valence-corrected chi connectivity index (χ1v) is 8.65. The van der Waals surface area contributed by atoms with Crippen molar-refractivity contribution < 1.29 is 17.6 Å². The average molecular weight is 391 g/mol. The molecule has 0 saturated heterocycles. The third kappa shape index (κ3) is 3.61. The highest BCUT2D eigenvalue weighted by Crippen LogP contribution is 2.34. The van der Waals surface area contributed by atoms with Gasteiger partial charge in [0.25, 0.3) is 0 Å². The van der Waals surface area contributed by atoms with Gasteiger partial charge in [-0.15, -0.1) is 20.4 Å². The molecule has 0 atom stereocenters. The van der Waals surface area contributed by atoms with E-state index >= 15 is 0 Å². The summed E-state index contributed by atoms with van der Waals surface area (Å²) in [6.07, 6.45) is -4.51. The molecule has 0 saturated carbocycles. The number of anilines is 1. The predicted molar refractivity (Wildman–Crippen MR) is 94.3 cm³/mol. The topological polar surface area (TPSA) is 67.9 Å². The summed E-state index contributed by atoms with van der Waals surface area (Å²) in [5, 5.41) is 16.0. The van der Waals surface area contributed by atoms with Crippen molar-refractivity contribution in [1.82, 2.24) is 20.4 Å². The van der Waals surface area contributed by atoms with Crippen molar-refractivity contribution in [2.75, 3.05) is 11.9 Å². The first-order valence-electron chi connectivity index (χ1n) is 7.83. The summed E-state index contributed by atoms with van der Waals surface area (Å²) >= 11 is 0.461. The number of hydrogen-bond acceptors (Lipinski definition) is 7. The van der Waals surface area contributed by atoms with Gasteiger partial charge in [0.15, 0.2) is 0 Å². The molecular weight excluding hydrogens is 379 g/mol. The van der Waals surface area contributed by atoms with Gasteiger partial charge in [0.2, 0.25) is 21.9 Å². The molecule has 10 heteroatoms. The first kappa shape index (κ1) is 17.4. The fourth-order valence-corrected chi connectivity index (χ4v) is 3.18. The van der Waals surface area contributed by atoms with Crippen molar-refractivity contribution in [3.8, 4) is 11.5 Å². The molecule has 0 spiro atoms. The number of nitrogens with zero attached hydrogens (tertiary/aromatic N) is 5. The van der Waals surface area contributed by atoms with Crippen LogP contribution in [-0.4, -0.2) is 27.4 Å². The van der Waals surface area contributed by atoms with Gasteiger partial charge in [-0.2, -0.15) is 13.2 Å². The normalized spacial score (nSPS) is 11.9. The Bertz CT molecular complexity index is 1090. The van der Waals surface area contributed by atoms with Gasteiger partial charge in [0.05, 0.1) is 6.54 Å². The second kappa shape index (κ2) is 6.62. The van der Waals surface area contributed by atoms with Gasteiger partial charge >= 0.3 is 6.18 Å². The number of fused-ring (bicyclic) bond motifs is 1. The largest absolute Gasteiger partial charge is 0.445 e. The van der Waals surface area contributed by atoms with Crippen LogP contribution in [0.2, 0.25) is 0 Å². The molecule has 0 aliphatic heterocycles. The number of alkyl halides is 3. The number of benzene rings is 2. The van der Waals surface area contributed by atoms with Gasteiger partial charge in [-0.3, -0.25) is 0 Å². The molecule has 4 aromatic rings. The van der Waals surface area contributed by atoms with E-state index in [1.165, 1.54) is 4.90 Å². The molecule has 0 fully saturated rings. The third-order valence-electron chi connectivity index (χ3n) is 3.82. The van der Waals surface area contributed by atoms with Crippen LogP contribution in [0.5, 0.6) is 0 Å². The smallest absolute Gasteiger partial charge is 0.419 e. The van der Waals surface area contributed by atoms with E-state index in [0.717, 1.165) is 16.3 Å². The Morgan fingerprint density at radius 3 is 2.52 bits per heavy atom. The molecule has 138 valence electrons. The third-order valence-corrected chi connectivity index (χ3v) is 4.90. The molecular formula is C17H12F3N5OS. The van der Waals surface area contributed by atoms with Crippen LogP contribution in [0.15, 0.2) is 46.9 Å². The van der Waals surface area contributed by atoms with Gasteiger partial charge in [-0.1, -0.05) is 41.7 Å². The average Bonchev–Trinajstić information content (AvgIpc) is 3.30. The summed E-state index contributed by atoms with van der Waals surface area (Å²) in [5.41, 5.74) is 0.769. The summed E-state index contributed by atoms with van der Waals surface area (Å²) in [7, 11) is 1.58. The highest BCUT2D eigenvalue weighted by molar-refractivity contribution is 7.15. The summed E-state index contributed by atoms with van der Waals surface area (Å²) in [5.74, 6) is 0.613. The highest BCUT2D eigenvalue weighted by Gasteiger charge is 2.36. The van der Waals surface area contributed by atoms with Crippen molar-refractivity contribution >= 4 is 27.2 Å². The Morgan fingerprint density at radius 1 is 1.00 bits per heavy atom. The zero-order valence-electron chi connectivity index (χ0n) is 13.9. The zero-order valence-corrected chi connectivity index (χ0v) is 14.8. The Morgan fingerprint density at radius 2 is 1.78 bits per heavy atom. The summed E-state index contributed by atoms with van der Waals surface area (Å²) in [6, 6.07) is 13.7. The van der Waals surface area contributed by atoms with Crippen LogP contribution < -0.4 is 4.90 Å². The van der Waals surface area contributed by atoms with Crippen molar-refractivity contribution in [1.29, 1.82) is 0 Å². The lowest BCUT2D eigenvalue weighted by Gasteiger charge is -2.11. The van der Waals surface area contributed by atoms with Crippen LogP contribution in [-0.2, 0) is 12.7 Å². The van der Waals surface area contributed by atoms with Gasteiger partial charge in [-0.25, -0.2) is 0 Å². The summed E-state index contributed by atoms with van der Waals surface area (Å²) < 4.78 is 43.6. The second-order valence-electron chi connectivity index (χ2n) is 5.81. The molecule has 0 amide bonds. The lowest BCUT2D eigenvalue weighted by molar-refractivity contribution is -0.138. The minimum Gasteiger partial charge on any atom is -0.419 e. The zero-order chi connectivity index (χ0) is 19.0. The number of hydrogen-bond donors (Lipinski definition) is 0.